The molecule has 1 saturated carbocycles. The number of carbonyl (C=O) groups excluding carboxylic acids is 2. The summed E-state index contributed by atoms with van der Waals surface area (Å²) in [5.41, 5.74) is 0. The van der Waals surface area contributed by atoms with Crippen molar-refractivity contribution in [3.8, 4) is 0 Å². The Labute approximate surface area is 145 Å². The Morgan fingerprint density at radius 2 is 1.92 bits per heavy atom. The predicted octanol–water partition coefficient (Wildman–Crippen LogP) is 1.15. The van der Waals surface area contributed by atoms with Gasteiger partial charge < -0.3 is 15.4 Å². The van der Waals surface area contributed by atoms with Gasteiger partial charge in [0.1, 0.15) is 6.04 Å². The zero-order valence-corrected chi connectivity index (χ0v) is 15.5. The van der Waals surface area contributed by atoms with E-state index in [0.29, 0.717) is 13.0 Å². The molecule has 2 aliphatic rings. The van der Waals surface area contributed by atoms with Gasteiger partial charge in [0.05, 0.1) is 12.7 Å². The molecule has 0 aromatic heterocycles. The van der Waals surface area contributed by atoms with Crippen molar-refractivity contribution in [1.29, 1.82) is 0 Å². The van der Waals surface area contributed by atoms with E-state index in [1.54, 1.807) is 0 Å². The SMILES string of the molecule is CC(C)CC(=O)N[C@@H](C(=O)NC[C@@H]1CN(C2CC2)CCO1)C(C)C. The largest absolute Gasteiger partial charge is 0.374 e. The smallest absolute Gasteiger partial charge is 0.242 e. The number of nitrogens with zero attached hydrogens (tertiary/aromatic N) is 1. The van der Waals surface area contributed by atoms with Gasteiger partial charge in [-0.25, -0.2) is 0 Å². The highest BCUT2D eigenvalue weighted by atomic mass is 16.5. The third kappa shape index (κ3) is 6.06. The molecule has 0 aromatic rings. The Hall–Kier alpha value is -1.14. The fraction of sp³-hybridized carbons (Fsp3) is 0.889. The van der Waals surface area contributed by atoms with E-state index < -0.39 is 6.04 Å². The first kappa shape index (κ1) is 19.2. The van der Waals surface area contributed by atoms with Gasteiger partial charge in [0.15, 0.2) is 0 Å². The summed E-state index contributed by atoms with van der Waals surface area (Å²) in [4.78, 5) is 26.9. The maximum Gasteiger partial charge on any atom is 0.242 e. The van der Waals surface area contributed by atoms with Crippen LogP contribution in [0.25, 0.3) is 0 Å². The molecule has 2 amide bonds. The topological polar surface area (TPSA) is 70.7 Å². The number of nitrogens with one attached hydrogen (secondary N) is 2. The summed E-state index contributed by atoms with van der Waals surface area (Å²) in [7, 11) is 0. The van der Waals surface area contributed by atoms with Crippen LogP contribution in [-0.2, 0) is 14.3 Å². The monoisotopic (exact) mass is 339 g/mol. The minimum absolute atomic E-state index is 0.0440. The molecule has 2 fully saturated rings. The molecular weight excluding hydrogens is 306 g/mol. The van der Waals surface area contributed by atoms with E-state index in [9.17, 15) is 9.59 Å². The standard InChI is InChI=1S/C18H33N3O3/c1-12(2)9-16(22)20-17(13(3)4)18(23)19-10-15-11-21(7-8-24-15)14-5-6-14/h12-15,17H,5-11H2,1-4H3,(H,19,23)(H,20,22)/t15-,17-/m1/s1. The molecule has 24 heavy (non-hydrogen) atoms. The van der Waals surface area contributed by atoms with Crippen molar-refractivity contribution in [1.82, 2.24) is 15.5 Å². The molecule has 0 bridgehead atoms. The summed E-state index contributed by atoms with van der Waals surface area (Å²) < 4.78 is 5.77. The third-order valence-corrected chi connectivity index (χ3v) is 4.60. The van der Waals surface area contributed by atoms with E-state index in [4.69, 9.17) is 4.74 Å². The van der Waals surface area contributed by atoms with Crippen LogP contribution in [0.4, 0.5) is 0 Å². The lowest BCUT2D eigenvalue weighted by Gasteiger charge is -2.33. The molecule has 6 heteroatoms. The fourth-order valence-electron chi connectivity index (χ4n) is 3.10. The van der Waals surface area contributed by atoms with E-state index in [1.165, 1.54) is 12.8 Å². The lowest BCUT2D eigenvalue weighted by atomic mass is 10.0. The summed E-state index contributed by atoms with van der Waals surface area (Å²) in [5, 5.41) is 5.84. The van der Waals surface area contributed by atoms with Crippen molar-refractivity contribution in [2.75, 3.05) is 26.2 Å². The van der Waals surface area contributed by atoms with Crippen LogP contribution in [0.3, 0.4) is 0 Å². The molecule has 2 rings (SSSR count). The average molecular weight is 339 g/mol. The van der Waals surface area contributed by atoms with E-state index in [1.807, 2.05) is 27.7 Å². The van der Waals surface area contributed by atoms with E-state index in [-0.39, 0.29) is 29.8 Å². The molecule has 0 unspecified atom stereocenters. The van der Waals surface area contributed by atoms with E-state index in [2.05, 4.69) is 15.5 Å². The normalized spacial score (nSPS) is 23.3. The summed E-state index contributed by atoms with van der Waals surface area (Å²) in [6, 6.07) is 0.241. The maximum absolute atomic E-state index is 12.5. The van der Waals surface area contributed by atoms with Gasteiger partial charge in [-0.15, -0.1) is 0 Å². The van der Waals surface area contributed by atoms with Gasteiger partial charge in [0.25, 0.3) is 0 Å². The Bertz CT molecular complexity index is 435. The van der Waals surface area contributed by atoms with E-state index in [0.717, 1.165) is 25.7 Å². The first-order valence-electron chi connectivity index (χ1n) is 9.29. The zero-order chi connectivity index (χ0) is 17.7. The molecule has 0 aromatic carbocycles. The molecule has 2 N–H and O–H groups in total. The van der Waals surface area contributed by atoms with Gasteiger partial charge in [0, 0.05) is 32.1 Å². The van der Waals surface area contributed by atoms with Gasteiger partial charge in [-0.2, -0.15) is 0 Å². The summed E-state index contributed by atoms with van der Waals surface area (Å²) >= 11 is 0. The molecule has 138 valence electrons. The van der Waals surface area contributed by atoms with Gasteiger partial charge in [-0.05, 0) is 24.7 Å². The summed E-state index contributed by atoms with van der Waals surface area (Å²) in [6.45, 7) is 11.0. The second-order valence-electron chi connectivity index (χ2n) is 7.85. The van der Waals surface area contributed by atoms with E-state index >= 15 is 0 Å². The zero-order valence-electron chi connectivity index (χ0n) is 15.5. The second-order valence-corrected chi connectivity index (χ2v) is 7.85. The number of morpholine rings is 1. The first-order chi connectivity index (χ1) is 11.4. The van der Waals surface area contributed by atoms with Gasteiger partial charge in [-0.1, -0.05) is 27.7 Å². The van der Waals surface area contributed by atoms with Crippen LogP contribution in [-0.4, -0.2) is 61.1 Å². The summed E-state index contributed by atoms with van der Waals surface area (Å²) in [6.07, 6.45) is 3.06. The van der Waals surface area contributed by atoms with Crippen LogP contribution >= 0.6 is 0 Å². The van der Waals surface area contributed by atoms with Crippen molar-refractivity contribution in [3.63, 3.8) is 0 Å². The van der Waals surface area contributed by atoms with Crippen LogP contribution in [0, 0.1) is 11.8 Å². The van der Waals surface area contributed by atoms with Crippen LogP contribution in [0.5, 0.6) is 0 Å². The molecule has 2 atom stereocenters. The predicted molar refractivity (Wildman–Crippen MR) is 93.6 cm³/mol. The molecule has 1 aliphatic carbocycles. The van der Waals surface area contributed by atoms with Crippen LogP contribution in [0.2, 0.25) is 0 Å². The maximum atomic E-state index is 12.5. The van der Waals surface area contributed by atoms with Gasteiger partial charge in [0.2, 0.25) is 11.8 Å². The highest BCUT2D eigenvalue weighted by Crippen LogP contribution is 2.28. The number of hydrogen-bond donors (Lipinski definition) is 2. The Balaban J connectivity index is 1.78. The van der Waals surface area contributed by atoms with Crippen molar-refractivity contribution < 1.29 is 14.3 Å². The fourth-order valence-corrected chi connectivity index (χ4v) is 3.10. The van der Waals surface area contributed by atoms with Crippen LogP contribution in [0.15, 0.2) is 0 Å². The van der Waals surface area contributed by atoms with Crippen molar-refractivity contribution in [2.45, 2.75) is 65.1 Å². The third-order valence-electron chi connectivity index (χ3n) is 4.60. The van der Waals surface area contributed by atoms with Crippen molar-refractivity contribution in [2.24, 2.45) is 11.8 Å². The summed E-state index contributed by atoms with van der Waals surface area (Å²) in [5.74, 6) is 0.156. The number of ether oxygens (including phenoxy) is 1. The molecular formula is C18H33N3O3. The minimum Gasteiger partial charge on any atom is -0.374 e. The molecule has 0 spiro atoms. The second kappa shape index (κ2) is 8.81. The number of amides is 2. The van der Waals surface area contributed by atoms with Crippen molar-refractivity contribution >= 4 is 11.8 Å². The molecule has 1 saturated heterocycles. The molecule has 1 heterocycles. The van der Waals surface area contributed by atoms with Gasteiger partial charge in [-0.3, -0.25) is 14.5 Å². The molecule has 6 nitrogen and oxygen atoms in total. The average Bonchev–Trinajstić information content (AvgIpc) is 3.34. The highest BCUT2D eigenvalue weighted by molar-refractivity contribution is 5.87. The van der Waals surface area contributed by atoms with Gasteiger partial charge >= 0.3 is 0 Å². The number of carbonyl (C=O) groups is 2. The van der Waals surface area contributed by atoms with Crippen LogP contribution in [0.1, 0.15) is 47.0 Å². The minimum atomic E-state index is -0.487. The lowest BCUT2D eigenvalue weighted by Crippen LogP contribution is -2.53. The Morgan fingerprint density at radius 1 is 1.21 bits per heavy atom. The number of hydrogen-bond acceptors (Lipinski definition) is 4. The first-order valence-corrected chi connectivity index (χ1v) is 9.29. The van der Waals surface area contributed by atoms with Crippen molar-refractivity contribution in [3.05, 3.63) is 0 Å². The lowest BCUT2D eigenvalue weighted by molar-refractivity contribution is -0.131. The highest BCUT2D eigenvalue weighted by Gasteiger charge is 2.33. The molecule has 1 aliphatic heterocycles. The quantitative estimate of drug-likeness (QED) is 0.696. The Kier molecular flexibility index (Phi) is 7.04. The number of rotatable bonds is 8. The Morgan fingerprint density at radius 3 is 2.50 bits per heavy atom. The molecule has 0 radical (unpaired) electrons. The van der Waals surface area contributed by atoms with Crippen LogP contribution < -0.4 is 10.6 Å².